The van der Waals surface area contributed by atoms with E-state index in [1.807, 2.05) is 62.4 Å². The molecule has 0 radical (unpaired) electrons. The van der Waals surface area contributed by atoms with Crippen molar-refractivity contribution in [3.05, 3.63) is 64.1 Å². The minimum absolute atomic E-state index is 0.0275. The average molecular weight is 400 g/mol. The molecule has 0 aliphatic rings. The molecule has 0 fully saturated rings. The summed E-state index contributed by atoms with van der Waals surface area (Å²) in [5, 5.41) is 15.2. The number of benzene rings is 2. The summed E-state index contributed by atoms with van der Waals surface area (Å²) in [6.45, 7) is 3.98. The molecule has 1 heterocycles. The lowest BCUT2D eigenvalue weighted by Gasteiger charge is -2.14. The zero-order valence-electron chi connectivity index (χ0n) is 14.0. The van der Waals surface area contributed by atoms with Gasteiger partial charge in [-0.3, -0.25) is 4.79 Å². The van der Waals surface area contributed by atoms with Gasteiger partial charge in [-0.05, 0) is 36.8 Å². The van der Waals surface area contributed by atoms with E-state index < -0.39 is 0 Å². The molecule has 0 saturated carbocycles. The van der Waals surface area contributed by atoms with Crippen LogP contribution in [0.15, 0.2) is 53.0 Å². The number of halogens is 1. The summed E-state index contributed by atoms with van der Waals surface area (Å²) in [5.74, 6) is 0.344. The van der Waals surface area contributed by atoms with E-state index >= 15 is 0 Å². The van der Waals surface area contributed by atoms with Gasteiger partial charge in [-0.15, -0.1) is 10.2 Å². The third-order valence-corrected chi connectivity index (χ3v) is 4.32. The molecule has 0 spiro atoms. The van der Waals surface area contributed by atoms with E-state index in [0.29, 0.717) is 5.82 Å². The molecule has 25 heavy (non-hydrogen) atoms. The number of carbonyl (C=O) groups excluding carboxylic acids is 1. The van der Waals surface area contributed by atoms with Crippen LogP contribution in [0.2, 0.25) is 0 Å². The highest BCUT2D eigenvalue weighted by Crippen LogP contribution is 2.17. The van der Waals surface area contributed by atoms with Gasteiger partial charge in [0.05, 0.1) is 6.04 Å². The molecule has 6 nitrogen and oxygen atoms in total. The number of hydrogen-bond donors (Lipinski definition) is 1. The molecule has 0 saturated heterocycles. The van der Waals surface area contributed by atoms with Gasteiger partial charge in [0.1, 0.15) is 6.54 Å². The summed E-state index contributed by atoms with van der Waals surface area (Å²) in [7, 11) is 0. The van der Waals surface area contributed by atoms with Gasteiger partial charge in [0.15, 0.2) is 0 Å². The Morgan fingerprint density at radius 3 is 2.52 bits per heavy atom. The van der Waals surface area contributed by atoms with Crippen LogP contribution in [0.1, 0.15) is 24.1 Å². The maximum absolute atomic E-state index is 12.2. The summed E-state index contributed by atoms with van der Waals surface area (Å²) < 4.78 is 1.00. The second-order valence-corrected chi connectivity index (χ2v) is 6.77. The van der Waals surface area contributed by atoms with Crippen molar-refractivity contribution in [1.82, 2.24) is 25.5 Å². The molecule has 3 rings (SSSR count). The molecule has 2 aromatic carbocycles. The molecule has 0 aliphatic heterocycles. The Kier molecular flexibility index (Phi) is 5.23. The predicted octanol–water partition coefficient (Wildman–Crippen LogP) is 3.29. The van der Waals surface area contributed by atoms with Crippen molar-refractivity contribution in [2.24, 2.45) is 0 Å². The van der Waals surface area contributed by atoms with Crippen LogP contribution in [0.4, 0.5) is 0 Å². The first kappa shape index (κ1) is 17.3. The fraction of sp³-hybridized carbons (Fsp3) is 0.222. The standard InChI is InChI=1S/C18H18BrN5O/c1-12-3-5-15(6-4-12)18-21-23-24(22-18)11-17(25)20-13(2)14-7-9-16(19)10-8-14/h3-10,13H,11H2,1-2H3,(H,20,25)/t13-/m1/s1. The van der Waals surface area contributed by atoms with Crippen LogP contribution in [-0.4, -0.2) is 26.1 Å². The molecule has 7 heteroatoms. The summed E-state index contributed by atoms with van der Waals surface area (Å²) >= 11 is 3.40. The van der Waals surface area contributed by atoms with E-state index in [9.17, 15) is 4.79 Å². The summed E-state index contributed by atoms with van der Waals surface area (Å²) in [6.07, 6.45) is 0. The molecule has 1 N–H and O–H groups in total. The zero-order chi connectivity index (χ0) is 17.8. The molecule has 3 aromatic rings. The van der Waals surface area contributed by atoms with Crippen molar-refractivity contribution in [2.75, 3.05) is 0 Å². The number of tetrazole rings is 1. The number of rotatable bonds is 5. The zero-order valence-corrected chi connectivity index (χ0v) is 15.6. The van der Waals surface area contributed by atoms with Crippen LogP contribution in [0.5, 0.6) is 0 Å². The summed E-state index contributed by atoms with van der Waals surface area (Å²) in [6, 6.07) is 15.6. The third kappa shape index (κ3) is 4.51. The molecule has 1 atom stereocenters. The van der Waals surface area contributed by atoms with Crippen molar-refractivity contribution in [2.45, 2.75) is 26.4 Å². The summed E-state index contributed by atoms with van der Waals surface area (Å²) in [5.41, 5.74) is 3.07. The molecular weight excluding hydrogens is 382 g/mol. The first-order valence-electron chi connectivity index (χ1n) is 7.91. The third-order valence-electron chi connectivity index (χ3n) is 3.80. The molecule has 0 bridgehead atoms. The predicted molar refractivity (Wildman–Crippen MR) is 98.7 cm³/mol. The lowest BCUT2D eigenvalue weighted by atomic mass is 10.1. The van der Waals surface area contributed by atoms with E-state index in [2.05, 4.69) is 36.7 Å². The van der Waals surface area contributed by atoms with E-state index in [-0.39, 0.29) is 18.5 Å². The molecule has 128 valence electrons. The fourth-order valence-electron chi connectivity index (χ4n) is 2.38. The quantitative estimate of drug-likeness (QED) is 0.714. The molecule has 1 amide bonds. The van der Waals surface area contributed by atoms with Crippen molar-refractivity contribution in [1.29, 1.82) is 0 Å². The first-order chi connectivity index (χ1) is 12.0. The SMILES string of the molecule is Cc1ccc(-c2nnn(CC(=O)N[C@H](C)c3ccc(Br)cc3)n2)cc1. The summed E-state index contributed by atoms with van der Waals surface area (Å²) in [4.78, 5) is 13.5. The van der Waals surface area contributed by atoms with Crippen LogP contribution < -0.4 is 5.32 Å². The highest BCUT2D eigenvalue weighted by Gasteiger charge is 2.12. The molecule has 1 aromatic heterocycles. The van der Waals surface area contributed by atoms with E-state index in [0.717, 1.165) is 21.2 Å². The second kappa shape index (κ2) is 7.57. The smallest absolute Gasteiger partial charge is 0.244 e. The maximum Gasteiger partial charge on any atom is 0.244 e. The molecular formula is C18H18BrN5O. The lowest BCUT2D eigenvalue weighted by molar-refractivity contribution is -0.122. The number of nitrogens with one attached hydrogen (secondary N) is 1. The minimum atomic E-state index is -0.164. The van der Waals surface area contributed by atoms with Crippen molar-refractivity contribution >= 4 is 21.8 Å². The Morgan fingerprint density at radius 1 is 1.16 bits per heavy atom. The number of hydrogen-bond acceptors (Lipinski definition) is 4. The minimum Gasteiger partial charge on any atom is -0.348 e. The Morgan fingerprint density at radius 2 is 1.84 bits per heavy atom. The van der Waals surface area contributed by atoms with Gasteiger partial charge in [0.25, 0.3) is 0 Å². The van der Waals surface area contributed by atoms with E-state index in [1.165, 1.54) is 4.80 Å². The highest BCUT2D eigenvalue weighted by molar-refractivity contribution is 9.10. The highest BCUT2D eigenvalue weighted by atomic mass is 79.9. The number of carbonyl (C=O) groups is 1. The molecule has 0 unspecified atom stereocenters. The monoisotopic (exact) mass is 399 g/mol. The number of amides is 1. The van der Waals surface area contributed by atoms with Gasteiger partial charge >= 0.3 is 0 Å². The van der Waals surface area contributed by atoms with Crippen LogP contribution in [0, 0.1) is 6.92 Å². The lowest BCUT2D eigenvalue weighted by Crippen LogP contribution is -2.30. The van der Waals surface area contributed by atoms with Crippen LogP contribution >= 0.6 is 15.9 Å². The Balaban J connectivity index is 1.61. The Hall–Kier alpha value is -2.54. The molecule has 0 aliphatic carbocycles. The Labute approximate surface area is 154 Å². The topological polar surface area (TPSA) is 72.7 Å². The largest absolute Gasteiger partial charge is 0.348 e. The maximum atomic E-state index is 12.2. The van der Waals surface area contributed by atoms with Gasteiger partial charge < -0.3 is 5.32 Å². The van der Waals surface area contributed by atoms with Gasteiger partial charge in [-0.1, -0.05) is 57.9 Å². The number of aromatic nitrogens is 4. The average Bonchev–Trinajstić information content (AvgIpc) is 3.04. The van der Waals surface area contributed by atoms with Crippen molar-refractivity contribution in [3.8, 4) is 11.4 Å². The van der Waals surface area contributed by atoms with Gasteiger partial charge in [-0.25, -0.2) is 0 Å². The van der Waals surface area contributed by atoms with Crippen molar-refractivity contribution < 1.29 is 4.79 Å². The van der Waals surface area contributed by atoms with E-state index in [1.54, 1.807) is 0 Å². The number of nitrogens with zero attached hydrogens (tertiary/aromatic N) is 4. The van der Waals surface area contributed by atoms with Gasteiger partial charge in [0, 0.05) is 10.0 Å². The van der Waals surface area contributed by atoms with E-state index in [4.69, 9.17) is 0 Å². The van der Waals surface area contributed by atoms with Crippen LogP contribution in [0.3, 0.4) is 0 Å². The van der Waals surface area contributed by atoms with Gasteiger partial charge in [0.2, 0.25) is 11.7 Å². The second-order valence-electron chi connectivity index (χ2n) is 5.85. The van der Waals surface area contributed by atoms with Gasteiger partial charge in [-0.2, -0.15) is 4.80 Å². The Bertz CT molecular complexity index is 858. The van der Waals surface area contributed by atoms with Crippen LogP contribution in [0.25, 0.3) is 11.4 Å². The fourth-order valence-corrected chi connectivity index (χ4v) is 2.64. The number of aryl methyl sites for hydroxylation is 1. The first-order valence-corrected chi connectivity index (χ1v) is 8.70. The van der Waals surface area contributed by atoms with Crippen LogP contribution in [-0.2, 0) is 11.3 Å². The normalized spacial score (nSPS) is 12.0. The van der Waals surface area contributed by atoms with Crippen molar-refractivity contribution in [3.63, 3.8) is 0 Å².